The average molecular weight is 290 g/mol. The summed E-state index contributed by atoms with van der Waals surface area (Å²) in [5.74, 6) is 1.77. The summed E-state index contributed by atoms with van der Waals surface area (Å²) >= 11 is 0. The zero-order valence-corrected chi connectivity index (χ0v) is 12.2. The summed E-state index contributed by atoms with van der Waals surface area (Å²) in [6, 6.07) is 18.8. The second-order valence-electron chi connectivity index (χ2n) is 4.99. The molecular weight excluding hydrogens is 270 g/mol. The molecule has 0 spiro atoms. The van der Waals surface area contributed by atoms with Gasteiger partial charge in [-0.15, -0.1) is 12.4 Å². The zero-order chi connectivity index (χ0) is 12.9. The average Bonchev–Trinajstić information content (AvgIpc) is 2.50. The molecule has 0 aromatic heterocycles. The minimum atomic E-state index is 0. The van der Waals surface area contributed by atoms with Crippen molar-refractivity contribution in [1.82, 2.24) is 5.32 Å². The number of para-hydroxylation sites is 1. The molecule has 2 aromatic rings. The van der Waals surface area contributed by atoms with Gasteiger partial charge in [0.05, 0.1) is 0 Å². The number of ether oxygens (including phenoxy) is 1. The standard InChI is InChI=1S/C17H19NO.ClH/c1-2-6-15(7-3-1)19-16-11-9-14(10-12-16)17-8-4-5-13-18-17;/h1-3,6-7,9-12,17-18H,4-5,8,13H2;1H/t17-;/m1./s1. The van der Waals surface area contributed by atoms with Crippen LogP contribution in [0.4, 0.5) is 0 Å². The Bertz CT molecular complexity index is 506. The summed E-state index contributed by atoms with van der Waals surface area (Å²) in [5.41, 5.74) is 1.36. The lowest BCUT2D eigenvalue weighted by molar-refractivity contribution is 0.411. The van der Waals surface area contributed by atoms with E-state index in [9.17, 15) is 0 Å². The molecule has 1 N–H and O–H groups in total. The number of rotatable bonds is 3. The second kappa shape index (κ2) is 7.32. The lowest BCUT2D eigenvalue weighted by Gasteiger charge is -2.23. The number of benzene rings is 2. The first-order valence-corrected chi connectivity index (χ1v) is 6.98. The molecule has 1 heterocycles. The minimum absolute atomic E-state index is 0. The van der Waals surface area contributed by atoms with E-state index < -0.39 is 0 Å². The topological polar surface area (TPSA) is 21.3 Å². The van der Waals surface area contributed by atoms with Crippen molar-refractivity contribution in [2.24, 2.45) is 0 Å². The van der Waals surface area contributed by atoms with Crippen LogP contribution >= 0.6 is 12.4 Å². The molecule has 1 aliphatic heterocycles. The Kier molecular flexibility index (Phi) is 5.45. The smallest absolute Gasteiger partial charge is 0.127 e. The molecule has 106 valence electrons. The van der Waals surface area contributed by atoms with E-state index in [1.165, 1.54) is 24.8 Å². The Morgan fingerprint density at radius 1 is 0.850 bits per heavy atom. The van der Waals surface area contributed by atoms with Gasteiger partial charge in [0.2, 0.25) is 0 Å². The molecule has 0 bridgehead atoms. The van der Waals surface area contributed by atoms with Gasteiger partial charge in [-0.2, -0.15) is 0 Å². The van der Waals surface area contributed by atoms with Crippen LogP contribution in [0, 0.1) is 0 Å². The third kappa shape index (κ3) is 3.75. The Hall–Kier alpha value is -1.51. The summed E-state index contributed by atoms with van der Waals surface area (Å²) < 4.78 is 5.80. The summed E-state index contributed by atoms with van der Waals surface area (Å²) in [6.07, 6.45) is 3.85. The van der Waals surface area contributed by atoms with Crippen LogP contribution in [0.15, 0.2) is 54.6 Å². The van der Waals surface area contributed by atoms with Gasteiger partial charge in [0.25, 0.3) is 0 Å². The van der Waals surface area contributed by atoms with E-state index in [1.54, 1.807) is 0 Å². The van der Waals surface area contributed by atoms with Gasteiger partial charge in [-0.25, -0.2) is 0 Å². The van der Waals surface area contributed by atoms with Crippen LogP contribution in [0.3, 0.4) is 0 Å². The van der Waals surface area contributed by atoms with Crippen LogP contribution in [0.25, 0.3) is 0 Å². The normalized spacial score (nSPS) is 18.1. The molecule has 1 saturated heterocycles. The predicted octanol–water partition coefficient (Wildman–Crippen LogP) is 4.72. The fraction of sp³-hybridized carbons (Fsp3) is 0.294. The minimum Gasteiger partial charge on any atom is -0.457 e. The van der Waals surface area contributed by atoms with Gasteiger partial charge < -0.3 is 10.1 Å². The fourth-order valence-electron chi connectivity index (χ4n) is 2.53. The van der Waals surface area contributed by atoms with Gasteiger partial charge in [-0.1, -0.05) is 36.8 Å². The number of hydrogen-bond acceptors (Lipinski definition) is 2. The summed E-state index contributed by atoms with van der Waals surface area (Å²) in [4.78, 5) is 0. The Balaban J connectivity index is 0.00000147. The SMILES string of the molecule is Cl.c1ccc(Oc2ccc([C@H]3CCCCN3)cc2)cc1. The molecule has 0 amide bonds. The summed E-state index contributed by atoms with van der Waals surface area (Å²) in [7, 11) is 0. The Labute approximate surface area is 126 Å². The highest BCUT2D eigenvalue weighted by Crippen LogP contribution is 2.26. The molecule has 2 aromatic carbocycles. The van der Waals surface area contributed by atoms with E-state index >= 15 is 0 Å². The first-order valence-electron chi connectivity index (χ1n) is 6.98. The quantitative estimate of drug-likeness (QED) is 0.883. The van der Waals surface area contributed by atoms with Crippen molar-refractivity contribution in [3.05, 3.63) is 60.2 Å². The fourth-order valence-corrected chi connectivity index (χ4v) is 2.53. The van der Waals surface area contributed by atoms with Gasteiger partial charge >= 0.3 is 0 Å². The lowest BCUT2D eigenvalue weighted by Crippen LogP contribution is -2.26. The van der Waals surface area contributed by atoms with Gasteiger partial charge in [0, 0.05) is 6.04 Å². The Morgan fingerprint density at radius 3 is 2.20 bits per heavy atom. The molecule has 0 radical (unpaired) electrons. The maximum atomic E-state index is 5.80. The number of halogens is 1. The van der Waals surface area contributed by atoms with Crippen molar-refractivity contribution >= 4 is 12.4 Å². The van der Waals surface area contributed by atoms with Crippen LogP contribution in [0.2, 0.25) is 0 Å². The predicted molar refractivity (Wildman–Crippen MR) is 84.8 cm³/mol. The molecule has 1 aliphatic rings. The molecule has 20 heavy (non-hydrogen) atoms. The molecule has 0 aliphatic carbocycles. The molecule has 2 nitrogen and oxygen atoms in total. The van der Waals surface area contributed by atoms with Crippen molar-refractivity contribution in [3.8, 4) is 11.5 Å². The largest absolute Gasteiger partial charge is 0.457 e. The highest BCUT2D eigenvalue weighted by molar-refractivity contribution is 5.85. The highest BCUT2D eigenvalue weighted by atomic mass is 35.5. The van der Waals surface area contributed by atoms with Crippen molar-refractivity contribution in [1.29, 1.82) is 0 Å². The van der Waals surface area contributed by atoms with E-state index in [0.717, 1.165) is 18.0 Å². The van der Waals surface area contributed by atoms with E-state index in [1.807, 2.05) is 30.3 Å². The number of piperidine rings is 1. The van der Waals surface area contributed by atoms with Gasteiger partial charge in [0.15, 0.2) is 0 Å². The van der Waals surface area contributed by atoms with E-state index in [2.05, 4.69) is 29.6 Å². The van der Waals surface area contributed by atoms with E-state index in [4.69, 9.17) is 4.74 Å². The van der Waals surface area contributed by atoms with Crippen molar-refractivity contribution < 1.29 is 4.74 Å². The molecule has 1 fully saturated rings. The van der Waals surface area contributed by atoms with E-state index in [0.29, 0.717) is 6.04 Å². The maximum absolute atomic E-state index is 5.80. The lowest BCUT2D eigenvalue weighted by atomic mass is 9.98. The number of nitrogens with one attached hydrogen (secondary N) is 1. The highest BCUT2D eigenvalue weighted by Gasteiger charge is 2.14. The molecule has 3 rings (SSSR count). The van der Waals surface area contributed by atoms with Crippen LogP contribution in [-0.2, 0) is 0 Å². The zero-order valence-electron chi connectivity index (χ0n) is 11.4. The van der Waals surface area contributed by atoms with Crippen LogP contribution < -0.4 is 10.1 Å². The summed E-state index contributed by atoms with van der Waals surface area (Å²) in [5, 5.41) is 3.56. The van der Waals surface area contributed by atoms with Gasteiger partial charge in [0.1, 0.15) is 11.5 Å². The Morgan fingerprint density at radius 2 is 1.55 bits per heavy atom. The maximum Gasteiger partial charge on any atom is 0.127 e. The molecule has 3 heteroatoms. The molecular formula is C17H20ClNO. The van der Waals surface area contributed by atoms with Crippen molar-refractivity contribution in [3.63, 3.8) is 0 Å². The monoisotopic (exact) mass is 289 g/mol. The first kappa shape index (κ1) is 14.9. The van der Waals surface area contributed by atoms with Crippen molar-refractivity contribution in [2.45, 2.75) is 25.3 Å². The van der Waals surface area contributed by atoms with E-state index in [-0.39, 0.29) is 12.4 Å². The van der Waals surface area contributed by atoms with Crippen LogP contribution in [0.1, 0.15) is 30.9 Å². The van der Waals surface area contributed by atoms with Gasteiger partial charge in [-0.3, -0.25) is 0 Å². The van der Waals surface area contributed by atoms with Crippen LogP contribution in [-0.4, -0.2) is 6.54 Å². The van der Waals surface area contributed by atoms with Crippen molar-refractivity contribution in [2.75, 3.05) is 6.54 Å². The second-order valence-corrected chi connectivity index (χ2v) is 4.99. The third-order valence-corrected chi connectivity index (χ3v) is 3.57. The summed E-state index contributed by atoms with van der Waals surface area (Å²) in [6.45, 7) is 1.13. The first-order chi connectivity index (χ1) is 9.42. The molecule has 0 unspecified atom stereocenters. The molecule has 1 atom stereocenters. The van der Waals surface area contributed by atoms with Crippen LogP contribution in [0.5, 0.6) is 11.5 Å². The van der Waals surface area contributed by atoms with Gasteiger partial charge in [-0.05, 0) is 49.2 Å². The third-order valence-electron chi connectivity index (χ3n) is 3.57. The number of hydrogen-bond donors (Lipinski definition) is 1. The molecule has 0 saturated carbocycles.